The molecule has 4 rings (SSSR count). The van der Waals surface area contributed by atoms with E-state index in [0.29, 0.717) is 22.9 Å². The number of carbonyl (C=O) groups is 1. The van der Waals surface area contributed by atoms with Crippen LogP contribution in [0.2, 0.25) is 0 Å². The maximum absolute atomic E-state index is 14.4. The third-order valence-electron chi connectivity index (χ3n) is 5.13. The van der Waals surface area contributed by atoms with Crippen molar-refractivity contribution in [3.63, 3.8) is 0 Å². The van der Waals surface area contributed by atoms with Crippen LogP contribution in [0, 0.1) is 23.6 Å². The van der Waals surface area contributed by atoms with E-state index in [0.717, 1.165) is 22.9 Å². The van der Waals surface area contributed by atoms with Gasteiger partial charge < -0.3 is 9.84 Å². The van der Waals surface area contributed by atoms with E-state index in [4.69, 9.17) is 4.52 Å². The van der Waals surface area contributed by atoms with Crippen molar-refractivity contribution in [2.75, 3.05) is 0 Å². The molecule has 152 valence electrons. The summed E-state index contributed by atoms with van der Waals surface area (Å²) in [7, 11) is 0. The van der Waals surface area contributed by atoms with Gasteiger partial charge in [-0.05, 0) is 37.1 Å². The fourth-order valence-corrected chi connectivity index (χ4v) is 3.96. The predicted octanol–water partition coefficient (Wildman–Crippen LogP) is 5.71. The van der Waals surface area contributed by atoms with Gasteiger partial charge >= 0.3 is 0 Å². The third kappa shape index (κ3) is 4.80. The molecule has 1 aromatic heterocycles. The SMILES string of the molecule is O=C(NCc1cc(-c2ccccc2Br)no1)c1ccc(C#CC2CCCC2)c(F)c1. The minimum Gasteiger partial charge on any atom is -0.359 e. The number of carbonyl (C=O) groups excluding carboxylic acids is 1. The summed E-state index contributed by atoms with van der Waals surface area (Å²) >= 11 is 3.48. The van der Waals surface area contributed by atoms with Crippen molar-refractivity contribution in [1.82, 2.24) is 10.5 Å². The van der Waals surface area contributed by atoms with Gasteiger partial charge in [-0.3, -0.25) is 4.79 Å². The van der Waals surface area contributed by atoms with E-state index in [1.165, 1.54) is 18.9 Å². The molecule has 1 fully saturated rings. The highest BCUT2D eigenvalue weighted by molar-refractivity contribution is 9.10. The molecule has 1 amide bonds. The molecule has 30 heavy (non-hydrogen) atoms. The fraction of sp³-hybridized carbons (Fsp3) is 0.250. The number of rotatable bonds is 4. The first kappa shape index (κ1) is 20.4. The summed E-state index contributed by atoms with van der Waals surface area (Å²) in [6.07, 6.45) is 4.55. The van der Waals surface area contributed by atoms with Crippen LogP contribution in [0.25, 0.3) is 11.3 Å². The van der Waals surface area contributed by atoms with Gasteiger partial charge in [0.25, 0.3) is 5.91 Å². The molecule has 6 heteroatoms. The lowest BCUT2D eigenvalue weighted by Crippen LogP contribution is -2.22. The number of hydrogen-bond donors (Lipinski definition) is 1. The Balaban J connectivity index is 1.38. The Morgan fingerprint density at radius 2 is 2.00 bits per heavy atom. The zero-order chi connectivity index (χ0) is 20.9. The number of nitrogens with one attached hydrogen (secondary N) is 1. The second-order valence-electron chi connectivity index (χ2n) is 7.29. The first-order valence-corrected chi connectivity index (χ1v) is 10.7. The Hall–Kier alpha value is -2.91. The van der Waals surface area contributed by atoms with Crippen LogP contribution in [0.15, 0.2) is 57.5 Å². The monoisotopic (exact) mass is 466 g/mol. The average molecular weight is 467 g/mol. The lowest BCUT2D eigenvalue weighted by atomic mass is 10.1. The lowest BCUT2D eigenvalue weighted by molar-refractivity contribution is 0.0946. The fourth-order valence-electron chi connectivity index (χ4n) is 3.47. The number of amides is 1. The molecule has 1 saturated carbocycles. The molecule has 0 radical (unpaired) electrons. The largest absolute Gasteiger partial charge is 0.359 e. The number of halogens is 2. The van der Waals surface area contributed by atoms with E-state index < -0.39 is 5.82 Å². The molecule has 0 spiro atoms. The Morgan fingerprint density at radius 3 is 2.77 bits per heavy atom. The summed E-state index contributed by atoms with van der Waals surface area (Å²) in [5.41, 5.74) is 2.13. The Bertz CT molecular complexity index is 1120. The van der Waals surface area contributed by atoms with Crippen LogP contribution in [-0.4, -0.2) is 11.1 Å². The topological polar surface area (TPSA) is 55.1 Å². The van der Waals surface area contributed by atoms with Crippen molar-refractivity contribution < 1.29 is 13.7 Å². The third-order valence-corrected chi connectivity index (χ3v) is 5.82. The highest BCUT2D eigenvalue weighted by atomic mass is 79.9. The van der Waals surface area contributed by atoms with Gasteiger partial charge in [0.15, 0.2) is 5.76 Å². The molecule has 1 heterocycles. The molecule has 0 aliphatic heterocycles. The van der Waals surface area contributed by atoms with E-state index >= 15 is 0 Å². The van der Waals surface area contributed by atoms with Crippen LogP contribution in [0.1, 0.15) is 47.4 Å². The van der Waals surface area contributed by atoms with Gasteiger partial charge in [0.1, 0.15) is 11.5 Å². The smallest absolute Gasteiger partial charge is 0.251 e. The van der Waals surface area contributed by atoms with Crippen molar-refractivity contribution in [3.8, 4) is 23.1 Å². The van der Waals surface area contributed by atoms with E-state index in [1.54, 1.807) is 18.2 Å². The minimum absolute atomic E-state index is 0.154. The van der Waals surface area contributed by atoms with E-state index in [1.807, 2.05) is 24.3 Å². The maximum Gasteiger partial charge on any atom is 0.251 e. The molecular formula is C24H20BrFN2O2. The number of aromatic nitrogens is 1. The van der Waals surface area contributed by atoms with Crippen LogP contribution in [0.4, 0.5) is 4.39 Å². The molecular weight excluding hydrogens is 447 g/mol. The number of hydrogen-bond acceptors (Lipinski definition) is 3. The standard InChI is InChI=1S/C24H20BrFN2O2/c25-21-8-4-3-7-20(21)23-14-19(30-28-23)15-27-24(29)18-12-11-17(22(26)13-18)10-9-16-5-1-2-6-16/h3-4,7-8,11-14,16H,1-2,5-6,15H2,(H,27,29). The summed E-state index contributed by atoms with van der Waals surface area (Å²) in [4.78, 5) is 12.4. The quantitative estimate of drug-likeness (QED) is 0.500. The minimum atomic E-state index is -0.482. The van der Waals surface area contributed by atoms with Gasteiger partial charge in [0.05, 0.1) is 12.1 Å². The summed E-state index contributed by atoms with van der Waals surface area (Å²) < 4.78 is 20.6. The Morgan fingerprint density at radius 1 is 1.20 bits per heavy atom. The average Bonchev–Trinajstić information content (AvgIpc) is 3.43. The molecule has 0 atom stereocenters. The van der Waals surface area contributed by atoms with Gasteiger partial charge in [-0.2, -0.15) is 0 Å². The van der Waals surface area contributed by atoms with E-state index in [9.17, 15) is 9.18 Å². The Labute approximate surface area is 183 Å². The zero-order valence-electron chi connectivity index (χ0n) is 16.3. The van der Waals surface area contributed by atoms with Gasteiger partial charge in [-0.25, -0.2) is 4.39 Å². The normalized spacial score (nSPS) is 13.7. The van der Waals surface area contributed by atoms with Crippen LogP contribution >= 0.6 is 15.9 Å². The van der Waals surface area contributed by atoms with Crippen LogP contribution < -0.4 is 5.32 Å². The highest BCUT2D eigenvalue weighted by Crippen LogP contribution is 2.27. The molecule has 0 unspecified atom stereocenters. The van der Waals surface area contributed by atoms with Crippen LogP contribution in [0.3, 0.4) is 0 Å². The second-order valence-corrected chi connectivity index (χ2v) is 8.14. The summed E-state index contributed by atoms with van der Waals surface area (Å²) in [5, 5.41) is 6.78. The molecule has 1 aliphatic carbocycles. The van der Waals surface area contributed by atoms with Gasteiger partial charge in [0, 0.05) is 27.6 Å². The molecule has 4 nitrogen and oxygen atoms in total. The first-order valence-electron chi connectivity index (χ1n) is 9.90. The number of nitrogens with zero attached hydrogens (tertiary/aromatic N) is 1. The van der Waals surface area contributed by atoms with Gasteiger partial charge in [0.2, 0.25) is 0 Å². The summed E-state index contributed by atoms with van der Waals surface area (Å²) in [5.74, 6) is 6.06. The first-order chi connectivity index (χ1) is 14.6. The number of benzene rings is 2. The predicted molar refractivity (Wildman–Crippen MR) is 116 cm³/mol. The van der Waals surface area contributed by atoms with Crippen molar-refractivity contribution in [3.05, 3.63) is 75.7 Å². The van der Waals surface area contributed by atoms with E-state index in [2.05, 4.69) is 38.2 Å². The van der Waals surface area contributed by atoms with E-state index in [-0.39, 0.29) is 18.0 Å². The van der Waals surface area contributed by atoms with Crippen LogP contribution in [0.5, 0.6) is 0 Å². The molecule has 0 bridgehead atoms. The summed E-state index contributed by atoms with van der Waals surface area (Å²) in [6.45, 7) is 0.154. The molecule has 0 saturated heterocycles. The van der Waals surface area contributed by atoms with Crippen molar-refractivity contribution in [2.24, 2.45) is 5.92 Å². The summed E-state index contributed by atoms with van der Waals surface area (Å²) in [6, 6.07) is 13.8. The molecule has 1 aliphatic rings. The van der Waals surface area contributed by atoms with Crippen molar-refractivity contribution in [1.29, 1.82) is 0 Å². The zero-order valence-corrected chi connectivity index (χ0v) is 17.8. The highest BCUT2D eigenvalue weighted by Gasteiger charge is 2.14. The molecule has 1 N–H and O–H groups in total. The Kier molecular flexibility index (Phi) is 6.29. The van der Waals surface area contributed by atoms with Gasteiger partial charge in [-0.15, -0.1) is 0 Å². The lowest BCUT2D eigenvalue weighted by Gasteiger charge is -2.04. The van der Waals surface area contributed by atoms with Crippen LogP contribution in [-0.2, 0) is 6.54 Å². The molecule has 2 aromatic carbocycles. The van der Waals surface area contributed by atoms with Crippen molar-refractivity contribution in [2.45, 2.75) is 32.2 Å². The molecule has 3 aromatic rings. The van der Waals surface area contributed by atoms with Gasteiger partial charge in [-0.1, -0.05) is 64.0 Å². The second kappa shape index (κ2) is 9.27. The maximum atomic E-state index is 14.4. The van der Waals surface area contributed by atoms with Crippen molar-refractivity contribution >= 4 is 21.8 Å².